The molecule has 1 fully saturated rings. The van der Waals surface area contributed by atoms with Crippen molar-refractivity contribution in [1.82, 2.24) is 10.3 Å². The van der Waals surface area contributed by atoms with Crippen molar-refractivity contribution in [3.63, 3.8) is 0 Å². The van der Waals surface area contributed by atoms with E-state index in [-0.39, 0.29) is 5.91 Å². The molecular formula is C20H20N4O. The van der Waals surface area contributed by atoms with Crippen molar-refractivity contribution in [2.75, 3.05) is 12.3 Å². The number of nitrogens with one attached hydrogen (secondary N) is 1. The molecule has 2 heterocycles. The molecule has 0 saturated carbocycles. The van der Waals surface area contributed by atoms with E-state index in [2.05, 4.69) is 16.4 Å². The molecule has 1 aliphatic rings. The third kappa shape index (κ3) is 3.69. The molecule has 5 nitrogen and oxygen atoms in total. The molecular weight excluding hydrogens is 312 g/mol. The number of hydrogen-bond donors (Lipinski definition) is 2. The third-order valence-corrected chi connectivity index (χ3v) is 4.45. The molecule has 1 aliphatic heterocycles. The molecule has 126 valence electrons. The maximum Gasteiger partial charge on any atom is 0.247 e. The van der Waals surface area contributed by atoms with Gasteiger partial charge in [0.25, 0.3) is 0 Å². The Kier molecular flexibility index (Phi) is 4.80. The fourth-order valence-corrected chi connectivity index (χ4v) is 3.01. The average molecular weight is 332 g/mol. The summed E-state index contributed by atoms with van der Waals surface area (Å²) in [5, 5.41) is 12.3. The van der Waals surface area contributed by atoms with Crippen molar-refractivity contribution in [3.8, 4) is 17.2 Å². The van der Waals surface area contributed by atoms with Crippen LogP contribution < -0.4 is 11.1 Å². The van der Waals surface area contributed by atoms with Crippen molar-refractivity contribution in [2.45, 2.75) is 26.2 Å². The van der Waals surface area contributed by atoms with Crippen LogP contribution in [0, 0.1) is 18.3 Å². The van der Waals surface area contributed by atoms with Crippen molar-refractivity contribution in [3.05, 3.63) is 52.7 Å². The number of carbonyl (C=O) groups is 1. The molecule has 25 heavy (non-hydrogen) atoms. The highest BCUT2D eigenvalue weighted by Gasteiger charge is 2.15. The van der Waals surface area contributed by atoms with Crippen molar-refractivity contribution >= 4 is 17.8 Å². The van der Waals surface area contributed by atoms with Crippen LogP contribution >= 0.6 is 0 Å². The molecule has 0 radical (unpaired) electrons. The first-order valence-corrected chi connectivity index (χ1v) is 8.34. The number of anilines is 1. The summed E-state index contributed by atoms with van der Waals surface area (Å²) in [6.45, 7) is 2.71. The fourth-order valence-electron chi connectivity index (χ4n) is 3.01. The number of pyridine rings is 1. The molecule has 0 atom stereocenters. The van der Waals surface area contributed by atoms with E-state index < -0.39 is 0 Å². The van der Waals surface area contributed by atoms with Crippen LogP contribution in [0.4, 0.5) is 5.82 Å². The molecule has 1 aromatic heterocycles. The normalized spacial score (nSPS) is 16.2. The lowest BCUT2D eigenvalue weighted by Crippen LogP contribution is -2.23. The molecule has 0 spiro atoms. The highest BCUT2D eigenvalue weighted by molar-refractivity contribution is 5.98. The number of amides is 1. The molecule has 1 aromatic carbocycles. The Morgan fingerprint density at radius 2 is 2.16 bits per heavy atom. The molecule has 0 unspecified atom stereocenters. The van der Waals surface area contributed by atoms with Crippen LogP contribution in [0.2, 0.25) is 0 Å². The zero-order chi connectivity index (χ0) is 17.8. The number of nitrogen functional groups attached to an aromatic ring is 1. The zero-order valence-electron chi connectivity index (χ0n) is 14.2. The Hall–Kier alpha value is -3.13. The monoisotopic (exact) mass is 332 g/mol. The summed E-state index contributed by atoms with van der Waals surface area (Å²) >= 11 is 0. The standard InChI is InChI=1S/C20H20N4O/c1-13-17(10-15-4-2-3-7-23-20(15)25)8-14(11-21)9-18(13)16-5-6-19(22)24-12-16/h5-6,8-10,12H,2-4,7H2,1H3,(H2,22,24)(H,23,25)/b15-10+. The highest BCUT2D eigenvalue weighted by Crippen LogP contribution is 2.29. The minimum absolute atomic E-state index is 0.0186. The summed E-state index contributed by atoms with van der Waals surface area (Å²) in [5.41, 5.74) is 10.7. The van der Waals surface area contributed by atoms with Crippen molar-refractivity contribution in [2.24, 2.45) is 0 Å². The zero-order valence-corrected chi connectivity index (χ0v) is 14.2. The molecule has 2 aromatic rings. The van der Waals surface area contributed by atoms with E-state index in [4.69, 9.17) is 5.73 Å². The van der Waals surface area contributed by atoms with Crippen LogP contribution in [0.1, 0.15) is 36.0 Å². The summed E-state index contributed by atoms with van der Waals surface area (Å²) in [4.78, 5) is 16.3. The summed E-state index contributed by atoms with van der Waals surface area (Å²) < 4.78 is 0. The van der Waals surface area contributed by atoms with Crippen LogP contribution in [-0.2, 0) is 4.79 Å². The van der Waals surface area contributed by atoms with Gasteiger partial charge in [0.1, 0.15) is 5.82 Å². The van der Waals surface area contributed by atoms with Gasteiger partial charge >= 0.3 is 0 Å². The van der Waals surface area contributed by atoms with E-state index in [1.165, 1.54) is 0 Å². The Labute approximate surface area is 147 Å². The van der Waals surface area contributed by atoms with Crippen LogP contribution in [0.25, 0.3) is 17.2 Å². The minimum atomic E-state index is -0.0186. The van der Waals surface area contributed by atoms with Gasteiger partial charge in [-0.25, -0.2) is 4.98 Å². The predicted molar refractivity (Wildman–Crippen MR) is 98.4 cm³/mol. The van der Waals surface area contributed by atoms with Gasteiger partial charge in [-0.3, -0.25) is 4.79 Å². The number of rotatable bonds is 2. The second-order valence-corrected chi connectivity index (χ2v) is 6.20. The van der Waals surface area contributed by atoms with Gasteiger partial charge in [-0.2, -0.15) is 5.26 Å². The molecule has 0 aliphatic carbocycles. The Bertz CT molecular complexity index is 876. The van der Waals surface area contributed by atoms with E-state index >= 15 is 0 Å². The number of hydrogen-bond acceptors (Lipinski definition) is 4. The molecule has 0 bridgehead atoms. The van der Waals surface area contributed by atoms with Gasteiger partial charge in [-0.1, -0.05) is 0 Å². The second kappa shape index (κ2) is 7.18. The second-order valence-electron chi connectivity index (χ2n) is 6.20. The SMILES string of the molecule is Cc1c(/C=C2\CCCCNC2=O)cc(C#N)cc1-c1ccc(N)nc1. The number of nitrogens with two attached hydrogens (primary N) is 1. The summed E-state index contributed by atoms with van der Waals surface area (Å²) in [7, 11) is 0. The fraction of sp³-hybridized carbons (Fsp3) is 0.250. The lowest BCUT2D eigenvalue weighted by molar-refractivity contribution is -0.117. The minimum Gasteiger partial charge on any atom is -0.384 e. The lowest BCUT2D eigenvalue weighted by atomic mass is 9.93. The molecule has 1 saturated heterocycles. The summed E-state index contributed by atoms with van der Waals surface area (Å²) in [6.07, 6.45) is 6.33. The quantitative estimate of drug-likeness (QED) is 0.826. The number of nitriles is 1. The molecule has 3 rings (SSSR count). The molecule has 1 amide bonds. The van der Waals surface area contributed by atoms with E-state index in [1.807, 2.05) is 31.2 Å². The number of nitrogens with zero attached hydrogens (tertiary/aromatic N) is 2. The lowest BCUT2D eigenvalue weighted by Gasteiger charge is -2.12. The van der Waals surface area contributed by atoms with Gasteiger partial charge in [0.15, 0.2) is 0 Å². The smallest absolute Gasteiger partial charge is 0.247 e. The predicted octanol–water partition coefficient (Wildman–Crippen LogP) is 3.19. The highest BCUT2D eigenvalue weighted by atomic mass is 16.1. The molecule has 3 N–H and O–H groups in total. The number of aromatic nitrogens is 1. The van der Waals surface area contributed by atoms with E-state index in [1.54, 1.807) is 12.3 Å². The maximum atomic E-state index is 12.2. The van der Waals surface area contributed by atoms with Gasteiger partial charge in [0, 0.05) is 23.9 Å². The maximum absolute atomic E-state index is 12.2. The molecule has 5 heteroatoms. The van der Waals surface area contributed by atoms with Crippen LogP contribution in [-0.4, -0.2) is 17.4 Å². The van der Waals surface area contributed by atoms with Crippen LogP contribution in [0.15, 0.2) is 36.0 Å². The van der Waals surface area contributed by atoms with Gasteiger partial charge < -0.3 is 11.1 Å². The Morgan fingerprint density at radius 1 is 1.32 bits per heavy atom. The first-order chi connectivity index (χ1) is 12.1. The topological polar surface area (TPSA) is 91.8 Å². The van der Waals surface area contributed by atoms with Gasteiger partial charge in [-0.15, -0.1) is 0 Å². The van der Waals surface area contributed by atoms with E-state index in [9.17, 15) is 10.1 Å². The van der Waals surface area contributed by atoms with Gasteiger partial charge in [-0.05, 0) is 73.2 Å². The first kappa shape index (κ1) is 16.7. The largest absolute Gasteiger partial charge is 0.384 e. The van der Waals surface area contributed by atoms with Gasteiger partial charge in [0.05, 0.1) is 11.6 Å². The van der Waals surface area contributed by atoms with E-state index in [0.717, 1.165) is 53.6 Å². The summed E-state index contributed by atoms with van der Waals surface area (Å²) in [5.74, 6) is 0.435. The number of benzene rings is 1. The van der Waals surface area contributed by atoms with Gasteiger partial charge in [0.2, 0.25) is 5.91 Å². The van der Waals surface area contributed by atoms with Crippen molar-refractivity contribution in [1.29, 1.82) is 5.26 Å². The summed E-state index contributed by atoms with van der Waals surface area (Å²) in [6, 6.07) is 9.51. The Morgan fingerprint density at radius 3 is 2.88 bits per heavy atom. The average Bonchev–Trinajstić information content (AvgIpc) is 2.82. The number of carbonyl (C=O) groups excluding carboxylic acids is 1. The van der Waals surface area contributed by atoms with Crippen molar-refractivity contribution < 1.29 is 4.79 Å². The third-order valence-electron chi connectivity index (χ3n) is 4.45. The van der Waals surface area contributed by atoms with Crippen LogP contribution in [0.3, 0.4) is 0 Å². The first-order valence-electron chi connectivity index (χ1n) is 8.34. The van der Waals surface area contributed by atoms with E-state index in [0.29, 0.717) is 11.4 Å². The Balaban J connectivity index is 2.11. The van der Waals surface area contributed by atoms with Crippen LogP contribution in [0.5, 0.6) is 0 Å².